The van der Waals surface area contributed by atoms with Crippen LogP contribution in [0.4, 0.5) is 4.79 Å². The number of aliphatic carboxylic acids is 1. The number of amides is 3. The highest BCUT2D eigenvalue weighted by Gasteiger charge is 2.34. The average molecular weight is 500 g/mol. The molecule has 0 saturated heterocycles. The molecule has 0 heterocycles. The van der Waals surface area contributed by atoms with Crippen molar-refractivity contribution >= 4 is 23.9 Å². The molecule has 0 spiro atoms. The smallest absolute Gasteiger partial charge is 0.412 e. The molecule has 4 N–H and O–H groups in total. The van der Waals surface area contributed by atoms with Gasteiger partial charge in [-0.1, -0.05) is 74.5 Å². The lowest BCUT2D eigenvalue weighted by Gasteiger charge is -2.29. The van der Waals surface area contributed by atoms with E-state index in [1.165, 1.54) is 0 Å². The van der Waals surface area contributed by atoms with Crippen LogP contribution in [0, 0.1) is 0 Å². The molecule has 0 saturated carbocycles. The largest absolute Gasteiger partial charge is 0.481 e. The van der Waals surface area contributed by atoms with Gasteiger partial charge < -0.3 is 25.6 Å². The van der Waals surface area contributed by atoms with E-state index < -0.39 is 49.1 Å². The van der Waals surface area contributed by atoms with Crippen LogP contribution in [-0.2, 0) is 25.7 Å². The van der Waals surface area contributed by atoms with Gasteiger partial charge in [-0.3, -0.25) is 19.3 Å². The number of nitrogens with zero attached hydrogens (tertiary/aromatic N) is 1. The Morgan fingerprint density at radius 2 is 1.50 bits per heavy atom. The van der Waals surface area contributed by atoms with Crippen molar-refractivity contribution in [2.45, 2.75) is 57.8 Å². The Hall–Kier alpha value is -3.92. The number of carbonyl (C=O) groups excluding carboxylic acids is 3. The molecule has 0 fully saturated rings. The summed E-state index contributed by atoms with van der Waals surface area (Å²) in [5.74, 6) is -2.70. The van der Waals surface area contributed by atoms with Gasteiger partial charge in [0.15, 0.2) is 0 Å². The Bertz CT molecular complexity index is 1000. The Kier molecular flexibility index (Phi) is 11.4. The van der Waals surface area contributed by atoms with E-state index in [2.05, 4.69) is 10.6 Å². The molecule has 2 aromatic carbocycles. The SMILES string of the molecule is CCC(NC(=O)[C@H](CC)NC(=O)[C@H](CC(=O)O)N(CO)C(=O)OCc1ccccc1)c1ccccc1. The summed E-state index contributed by atoms with van der Waals surface area (Å²) in [6, 6.07) is 15.3. The second kappa shape index (κ2) is 14.5. The predicted octanol–water partition coefficient (Wildman–Crippen LogP) is 2.58. The normalized spacial score (nSPS) is 13.1. The topological polar surface area (TPSA) is 145 Å². The third kappa shape index (κ3) is 8.38. The van der Waals surface area contributed by atoms with Crippen LogP contribution in [0.25, 0.3) is 0 Å². The molecule has 0 aliphatic carbocycles. The summed E-state index contributed by atoms with van der Waals surface area (Å²) in [5, 5.41) is 24.5. The summed E-state index contributed by atoms with van der Waals surface area (Å²) in [4.78, 5) is 50.6. The molecule has 0 aromatic heterocycles. The fourth-order valence-electron chi connectivity index (χ4n) is 3.60. The number of benzene rings is 2. The van der Waals surface area contributed by atoms with Gasteiger partial charge in [0, 0.05) is 0 Å². The van der Waals surface area contributed by atoms with Crippen molar-refractivity contribution in [3.05, 3.63) is 71.8 Å². The second-order valence-electron chi connectivity index (χ2n) is 8.11. The van der Waals surface area contributed by atoms with Crippen LogP contribution in [0.15, 0.2) is 60.7 Å². The van der Waals surface area contributed by atoms with Crippen molar-refractivity contribution in [1.29, 1.82) is 0 Å². The number of carboxylic acids is 1. The molecule has 194 valence electrons. The maximum absolute atomic E-state index is 13.0. The van der Waals surface area contributed by atoms with Crippen LogP contribution >= 0.6 is 0 Å². The van der Waals surface area contributed by atoms with Gasteiger partial charge in [0.05, 0.1) is 12.5 Å². The minimum atomic E-state index is -1.59. The maximum Gasteiger partial charge on any atom is 0.412 e. The molecule has 0 aliphatic heterocycles. The number of hydrogen-bond donors (Lipinski definition) is 4. The lowest BCUT2D eigenvalue weighted by Crippen LogP contribution is -2.55. The zero-order chi connectivity index (χ0) is 26.5. The van der Waals surface area contributed by atoms with Crippen LogP contribution in [0.1, 0.15) is 50.3 Å². The molecule has 3 amide bonds. The zero-order valence-corrected chi connectivity index (χ0v) is 20.4. The number of nitrogens with one attached hydrogen (secondary N) is 2. The molecule has 2 aromatic rings. The average Bonchev–Trinajstić information content (AvgIpc) is 2.89. The first-order valence-corrected chi connectivity index (χ1v) is 11.8. The Morgan fingerprint density at radius 3 is 2.03 bits per heavy atom. The highest BCUT2D eigenvalue weighted by Crippen LogP contribution is 2.16. The number of aliphatic hydroxyl groups is 1. The lowest BCUT2D eigenvalue weighted by atomic mass is 10.0. The van der Waals surface area contributed by atoms with Gasteiger partial charge in [-0.15, -0.1) is 0 Å². The van der Waals surface area contributed by atoms with E-state index in [1.807, 2.05) is 37.3 Å². The van der Waals surface area contributed by atoms with Crippen molar-refractivity contribution in [2.24, 2.45) is 0 Å². The molecule has 0 radical (unpaired) electrons. The third-order valence-electron chi connectivity index (χ3n) is 5.61. The van der Waals surface area contributed by atoms with E-state index in [4.69, 9.17) is 4.74 Å². The van der Waals surface area contributed by atoms with E-state index in [0.29, 0.717) is 16.9 Å². The van der Waals surface area contributed by atoms with Crippen LogP contribution in [0.3, 0.4) is 0 Å². The summed E-state index contributed by atoms with van der Waals surface area (Å²) in [6.07, 6.45) is -1.00. The van der Waals surface area contributed by atoms with Gasteiger partial charge in [-0.05, 0) is 24.0 Å². The molecule has 3 atom stereocenters. The summed E-state index contributed by atoms with van der Waals surface area (Å²) in [6.45, 7) is 2.53. The molecule has 2 rings (SSSR count). The first-order chi connectivity index (χ1) is 17.3. The minimum absolute atomic E-state index is 0.129. The van der Waals surface area contributed by atoms with E-state index in [9.17, 15) is 29.4 Å². The van der Waals surface area contributed by atoms with Crippen LogP contribution in [-0.4, -0.2) is 57.8 Å². The second-order valence-corrected chi connectivity index (χ2v) is 8.11. The van der Waals surface area contributed by atoms with Gasteiger partial charge in [0.2, 0.25) is 11.8 Å². The molecule has 0 aliphatic rings. The van der Waals surface area contributed by atoms with Gasteiger partial charge >= 0.3 is 12.1 Å². The summed E-state index contributed by atoms with van der Waals surface area (Å²) in [7, 11) is 0. The molecule has 10 heteroatoms. The summed E-state index contributed by atoms with van der Waals surface area (Å²) >= 11 is 0. The predicted molar refractivity (Wildman–Crippen MR) is 131 cm³/mol. The first kappa shape index (κ1) is 28.3. The number of ether oxygens (including phenoxy) is 1. The van der Waals surface area contributed by atoms with Crippen molar-refractivity contribution in [3.8, 4) is 0 Å². The standard InChI is InChI=1S/C26H33N3O7/c1-3-20(19-13-9-6-10-14-19)27-24(33)21(4-2)28-25(34)22(15-23(31)32)29(17-30)26(35)36-16-18-11-7-5-8-12-18/h5-14,20-22,30H,3-4,15-17H2,1-2H3,(H,27,33)(H,28,34)(H,31,32)/t20?,21-,22-/m0/s1. The molecule has 1 unspecified atom stereocenters. The highest BCUT2D eigenvalue weighted by atomic mass is 16.6. The fourth-order valence-corrected chi connectivity index (χ4v) is 3.60. The van der Waals surface area contributed by atoms with E-state index in [-0.39, 0.29) is 19.1 Å². The molecule has 36 heavy (non-hydrogen) atoms. The minimum Gasteiger partial charge on any atom is -0.481 e. The van der Waals surface area contributed by atoms with E-state index in [1.54, 1.807) is 37.3 Å². The number of aliphatic hydroxyl groups excluding tert-OH is 1. The quantitative estimate of drug-likeness (QED) is 0.310. The molecule has 0 bridgehead atoms. The van der Waals surface area contributed by atoms with Crippen molar-refractivity contribution in [2.75, 3.05) is 6.73 Å². The maximum atomic E-state index is 13.0. The first-order valence-electron chi connectivity index (χ1n) is 11.8. The monoisotopic (exact) mass is 499 g/mol. The van der Waals surface area contributed by atoms with Crippen LogP contribution < -0.4 is 10.6 Å². The van der Waals surface area contributed by atoms with Gasteiger partial charge in [0.1, 0.15) is 25.4 Å². The summed E-state index contributed by atoms with van der Waals surface area (Å²) < 4.78 is 5.16. The van der Waals surface area contributed by atoms with Crippen LogP contribution in [0.2, 0.25) is 0 Å². The van der Waals surface area contributed by atoms with E-state index in [0.717, 1.165) is 5.56 Å². The fraction of sp³-hybridized carbons (Fsp3) is 0.385. The van der Waals surface area contributed by atoms with Gasteiger partial charge in [0.25, 0.3) is 0 Å². The van der Waals surface area contributed by atoms with E-state index >= 15 is 0 Å². The zero-order valence-electron chi connectivity index (χ0n) is 20.4. The molecular formula is C26H33N3O7. The molecule has 10 nitrogen and oxygen atoms in total. The Balaban J connectivity index is 2.11. The summed E-state index contributed by atoms with van der Waals surface area (Å²) in [5.41, 5.74) is 1.58. The number of carbonyl (C=O) groups is 4. The Labute approximate surface area is 210 Å². The number of carboxylic acid groups (broad SMARTS) is 1. The van der Waals surface area contributed by atoms with Crippen molar-refractivity contribution in [3.63, 3.8) is 0 Å². The van der Waals surface area contributed by atoms with Gasteiger partial charge in [-0.2, -0.15) is 0 Å². The lowest BCUT2D eigenvalue weighted by molar-refractivity contribution is -0.143. The highest BCUT2D eigenvalue weighted by molar-refractivity contribution is 5.93. The molecular weight excluding hydrogens is 466 g/mol. The van der Waals surface area contributed by atoms with Crippen molar-refractivity contribution < 1.29 is 34.1 Å². The van der Waals surface area contributed by atoms with Crippen LogP contribution in [0.5, 0.6) is 0 Å². The number of hydrogen-bond acceptors (Lipinski definition) is 6. The van der Waals surface area contributed by atoms with Gasteiger partial charge in [-0.25, -0.2) is 4.79 Å². The third-order valence-corrected chi connectivity index (χ3v) is 5.61. The number of rotatable bonds is 13. The Morgan fingerprint density at radius 1 is 0.889 bits per heavy atom. The van der Waals surface area contributed by atoms with Crippen molar-refractivity contribution in [1.82, 2.24) is 15.5 Å².